The molecule has 2 aromatic heterocycles. The lowest BCUT2D eigenvalue weighted by molar-refractivity contribution is 0.102. The van der Waals surface area contributed by atoms with Crippen LogP contribution in [0.4, 0.5) is 5.69 Å². The lowest BCUT2D eigenvalue weighted by atomic mass is 10.1. The molecule has 2 heterocycles. The fraction of sp³-hybridized carbons (Fsp3) is 0.118. The molecule has 0 aliphatic rings. The van der Waals surface area contributed by atoms with Gasteiger partial charge in [-0.2, -0.15) is 0 Å². The van der Waals surface area contributed by atoms with Gasteiger partial charge in [-0.25, -0.2) is 4.98 Å². The van der Waals surface area contributed by atoms with Crippen LogP contribution in [0.15, 0.2) is 48.8 Å². The summed E-state index contributed by atoms with van der Waals surface area (Å²) in [5.41, 5.74) is 1.35. The topological polar surface area (TPSA) is 84.3 Å². The highest BCUT2D eigenvalue weighted by atomic mass is 35.5. The summed E-state index contributed by atoms with van der Waals surface area (Å²) in [6.07, 6.45) is 3.12. The van der Waals surface area contributed by atoms with Gasteiger partial charge in [-0.05, 0) is 18.2 Å². The van der Waals surface area contributed by atoms with E-state index >= 15 is 0 Å². The Morgan fingerprint density at radius 1 is 1.21 bits per heavy atom. The van der Waals surface area contributed by atoms with Crippen molar-refractivity contribution >= 4 is 34.1 Å². The molecule has 0 bridgehead atoms. The third-order valence-corrected chi connectivity index (χ3v) is 3.60. The molecule has 0 radical (unpaired) electrons. The monoisotopic (exact) mass is 343 g/mol. The molecule has 3 aromatic rings. The highest BCUT2D eigenvalue weighted by Crippen LogP contribution is 2.26. The van der Waals surface area contributed by atoms with E-state index in [-0.39, 0.29) is 19.1 Å². The fourth-order valence-electron chi connectivity index (χ4n) is 2.25. The van der Waals surface area contributed by atoms with Gasteiger partial charge in [0.1, 0.15) is 6.61 Å². The minimum atomic E-state index is -0.372. The number of halogens is 1. The van der Waals surface area contributed by atoms with Crippen molar-refractivity contribution in [1.82, 2.24) is 9.97 Å². The van der Waals surface area contributed by atoms with E-state index in [1.807, 2.05) is 12.1 Å². The second-order valence-electron chi connectivity index (χ2n) is 4.91. The first kappa shape index (κ1) is 16.2. The number of benzene rings is 1. The SMILES string of the molecule is O=C(Nc1ccnc(OCCO)c1)c1c(Cl)ccc2cccnc12. The highest BCUT2D eigenvalue weighted by molar-refractivity contribution is 6.36. The Labute approximate surface area is 143 Å². The largest absolute Gasteiger partial charge is 0.475 e. The zero-order valence-corrected chi connectivity index (χ0v) is 13.3. The van der Waals surface area contributed by atoms with Gasteiger partial charge >= 0.3 is 0 Å². The Balaban J connectivity index is 1.89. The first-order chi connectivity index (χ1) is 11.7. The number of aromatic nitrogens is 2. The maximum Gasteiger partial charge on any atom is 0.259 e. The number of aliphatic hydroxyl groups is 1. The number of amides is 1. The summed E-state index contributed by atoms with van der Waals surface area (Å²) in [4.78, 5) is 20.9. The van der Waals surface area contributed by atoms with Gasteiger partial charge < -0.3 is 15.2 Å². The molecule has 7 heteroatoms. The van der Waals surface area contributed by atoms with E-state index in [0.29, 0.717) is 27.7 Å². The van der Waals surface area contributed by atoms with Crippen LogP contribution < -0.4 is 10.1 Å². The minimum absolute atomic E-state index is 0.116. The normalized spacial score (nSPS) is 10.6. The number of carbonyl (C=O) groups excluding carboxylic acids is 1. The molecular formula is C17H14ClN3O3. The van der Waals surface area contributed by atoms with Crippen molar-refractivity contribution in [2.24, 2.45) is 0 Å². The average Bonchev–Trinajstić information content (AvgIpc) is 2.60. The van der Waals surface area contributed by atoms with E-state index in [2.05, 4.69) is 15.3 Å². The molecule has 0 fully saturated rings. The van der Waals surface area contributed by atoms with Crippen LogP contribution in [-0.4, -0.2) is 34.2 Å². The number of hydrogen-bond donors (Lipinski definition) is 2. The van der Waals surface area contributed by atoms with E-state index < -0.39 is 0 Å². The number of carbonyl (C=O) groups is 1. The van der Waals surface area contributed by atoms with E-state index in [0.717, 1.165) is 5.39 Å². The van der Waals surface area contributed by atoms with Gasteiger partial charge in [-0.1, -0.05) is 23.7 Å². The summed E-state index contributed by atoms with van der Waals surface area (Å²) in [5.74, 6) is -0.0624. The van der Waals surface area contributed by atoms with Crippen molar-refractivity contribution in [2.75, 3.05) is 18.5 Å². The first-order valence-corrected chi connectivity index (χ1v) is 7.61. The van der Waals surface area contributed by atoms with E-state index in [9.17, 15) is 4.79 Å². The number of fused-ring (bicyclic) bond motifs is 1. The number of pyridine rings is 2. The first-order valence-electron chi connectivity index (χ1n) is 7.23. The van der Waals surface area contributed by atoms with Crippen molar-refractivity contribution in [3.63, 3.8) is 0 Å². The molecular weight excluding hydrogens is 330 g/mol. The maximum atomic E-state index is 12.6. The number of nitrogens with zero attached hydrogens (tertiary/aromatic N) is 2. The number of aliphatic hydroxyl groups excluding tert-OH is 1. The third kappa shape index (κ3) is 3.45. The zero-order valence-electron chi connectivity index (χ0n) is 12.6. The molecule has 0 aliphatic carbocycles. The molecule has 2 N–H and O–H groups in total. The average molecular weight is 344 g/mol. The second-order valence-corrected chi connectivity index (χ2v) is 5.31. The Morgan fingerprint density at radius 2 is 2.08 bits per heavy atom. The summed E-state index contributed by atoms with van der Waals surface area (Å²) in [5, 5.41) is 12.7. The standard InChI is InChI=1S/C17H14ClN3O3/c18-13-4-3-11-2-1-6-20-16(11)15(13)17(23)21-12-5-7-19-14(10-12)24-9-8-22/h1-7,10,22H,8-9H2,(H,19,21,23). The van der Waals surface area contributed by atoms with Crippen molar-refractivity contribution in [3.05, 3.63) is 59.4 Å². The summed E-state index contributed by atoms with van der Waals surface area (Å²) in [6.45, 7) is 0.0129. The predicted molar refractivity (Wildman–Crippen MR) is 91.5 cm³/mol. The van der Waals surface area contributed by atoms with Crippen molar-refractivity contribution in [3.8, 4) is 5.88 Å². The predicted octanol–water partition coefficient (Wildman–Crippen LogP) is 2.91. The number of anilines is 1. The molecule has 0 spiro atoms. The number of hydrogen-bond acceptors (Lipinski definition) is 5. The molecule has 0 saturated heterocycles. The van der Waals surface area contributed by atoms with Crippen LogP contribution in [0, 0.1) is 0 Å². The minimum Gasteiger partial charge on any atom is -0.475 e. The van der Waals surface area contributed by atoms with Gasteiger partial charge in [0, 0.05) is 29.5 Å². The smallest absolute Gasteiger partial charge is 0.259 e. The van der Waals surface area contributed by atoms with E-state index in [4.69, 9.17) is 21.4 Å². The summed E-state index contributed by atoms with van der Waals surface area (Å²) < 4.78 is 5.23. The van der Waals surface area contributed by atoms with Gasteiger partial charge in [-0.15, -0.1) is 0 Å². The van der Waals surface area contributed by atoms with Crippen LogP contribution in [0.25, 0.3) is 10.9 Å². The van der Waals surface area contributed by atoms with E-state index in [1.165, 1.54) is 6.20 Å². The van der Waals surface area contributed by atoms with Gasteiger partial charge in [0.05, 0.1) is 22.7 Å². The Morgan fingerprint density at radius 3 is 2.92 bits per heavy atom. The van der Waals surface area contributed by atoms with Crippen LogP contribution in [-0.2, 0) is 0 Å². The van der Waals surface area contributed by atoms with Crippen LogP contribution >= 0.6 is 11.6 Å². The van der Waals surface area contributed by atoms with Crippen molar-refractivity contribution < 1.29 is 14.6 Å². The molecule has 0 unspecified atom stereocenters. The number of rotatable bonds is 5. The molecule has 0 saturated carbocycles. The van der Waals surface area contributed by atoms with Crippen molar-refractivity contribution in [2.45, 2.75) is 0 Å². The number of nitrogens with one attached hydrogen (secondary N) is 1. The summed E-state index contributed by atoms with van der Waals surface area (Å²) >= 11 is 6.20. The van der Waals surface area contributed by atoms with E-state index in [1.54, 1.807) is 30.5 Å². The summed E-state index contributed by atoms with van der Waals surface area (Å²) in [7, 11) is 0. The lowest BCUT2D eigenvalue weighted by Crippen LogP contribution is -2.14. The number of ether oxygens (including phenoxy) is 1. The molecule has 24 heavy (non-hydrogen) atoms. The van der Waals surface area contributed by atoms with Crippen LogP contribution in [0.5, 0.6) is 5.88 Å². The van der Waals surface area contributed by atoms with Crippen LogP contribution in [0.3, 0.4) is 0 Å². The molecule has 3 rings (SSSR count). The lowest BCUT2D eigenvalue weighted by Gasteiger charge is -2.10. The van der Waals surface area contributed by atoms with Crippen LogP contribution in [0.1, 0.15) is 10.4 Å². The molecule has 1 aromatic carbocycles. The van der Waals surface area contributed by atoms with Gasteiger partial charge in [0.2, 0.25) is 5.88 Å². The molecule has 0 atom stereocenters. The quantitative estimate of drug-likeness (QED) is 0.744. The molecule has 0 aliphatic heterocycles. The van der Waals surface area contributed by atoms with Gasteiger partial charge in [0.15, 0.2) is 0 Å². The zero-order chi connectivity index (χ0) is 16.9. The van der Waals surface area contributed by atoms with Gasteiger partial charge in [-0.3, -0.25) is 9.78 Å². The fourth-order valence-corrected chi connectivity index (χ4v) is 2.48. The Kier molecular flexibility index (Phi) is 4.88. The second kappa shape index (κ2) is 7.25. The summed E-state index contributed by atoms with van der Waals surface area (Å²) in [6, 6.07) is 10.3. The Hall–Kier alpha value is -2.70. The van der Waals surface area contributed by atoms with Gasteiger partial charge in [0.25, 0.3) is 5.91 Å². The van der Waals surface area contributed by atoms with Crippen LogP contribution in [0.2, 0.25) is 5.02 Å². The maximum absolute atomic E-state index is 12.6. The molecule has 122 valence electrons. The molecule has 6 nitrogen and oxygen atoms in total. The van der Waals surface area contributed by atoms with Crippen molar-refractivity contribution in [1.29, 1.82) is 0 Å². The highest BCUT2D eigenvalue weighted by Gasteiger charge is 2.16. The molecule has 1 amide bonds. The Bertz CT molecular complexity index is 886. The third-order valence-electron chi connectivity index (χ3n) is 3.28.